The maximum absolute atomic E-state index is 11.0. The summed E-state index contributed by atoms with van der Waals surface area (Å²) >= 11 is 0. The van der Waals surface area contributed by atoms with E-state index in [1.807, 2.05) is 0 Å². The highest BCUT2D eigenvalue weighted by molar-refractivity contribution is 5.08. The fraction of sp³-hybridized carbons (Fsp3) is 0.250. The normalized spacial score (nSPS) is 9.62. The van der Waals surface area contributed by atoms with Crippen LogP contribution in [0.2, 0.25) is 0 Å². The Morgan fingerprint density at radius 2 is 1.92 bits per heavy atom. The van der Waals surface area contributed by atoms with E-state index < -0.39 is 11.3 Å². The summed E-state index contributed by atoms with van der Waals surface area (Å²) in [5, 5.41) is -0.269. The van der Waals surface area contributed by atoms with Crippen molar-refractivity contribution in [3.8, 4) is 0 Å². The molecule has 70 valence electrons. The van der Waals surface area contributed by atoms with Crippen LogP contribution in [0.3, 0.4) is 0 Å². The third-order valence-corrected chi connectivity index (χ3v) is 1.22. The highest BCUT2D eigenvalue weighted by Gasteiger charge is 1.99. The molecule has 5 heteroatoms. The molecule has 0 unspecified atom stereocenters. The Bertz CT molecular complexity index is 455. The van der Waals surface area contributed by atoms with Crippen molar-refractivity contribution in [3.63, 3.8) is 0 Å². The molecule has 0 amide bonds. The first-order chi connectivity index (χ1) is 6.15. The van der Waals surface area contributed by atoms with Crippen molar-refractivity contribution in [1.29, 1.82) is 0 Å². The minimum absolute atomic E-state index is 0.269. The van der Waals surface area contributed by atoms with Crippen LogP contribution in [0, 0.1) is 0 Å². The minimum atomic E-state index is -0.810. The molecule has 1 heterocycles. The van der Waals surface area contributed by atoms with Crippen molar-refractivity contribution in [2.45, 2.75) is 6.92 Å². The second-order valence-corrected chi connectivity index (χ2v) is 2.14. The summed E-state index contributed by atoms with van der Waals surface area (Å²) < 4.78 is 13.6. The minimum Gasteiger partial charge on any atom is -0.500 e. The van der Waals surface area contributed by atoms with Crippen LogP contribution < -0.4 is 22.1 Å². The summed E-state index contributed by atoms with van der Waals surface area (Å²) in [6.07, 6.45) is 1.01. The van der Waals surface area contributed by atoms with Crippen molar-refractivity contribution >= 4 is 12.8 Å². The maximum atomic E-state index is 11.0. The molecule has 0 N–H and O–H groups in total. The zero-order chi connectivity index (χ0) is 9.84. The highest BCUT2D eigenvalue weighted by Crippen LogP contribution is 1.68. The Hall–Kier alpha value is -1.78. The summed E-state index contributed by atoms with van der Waals surface area (Å²) in [7, 11) is 0. The Morgan fingerprint density at radius 1 is 1.38 bits per heavy atom. The van der Waals surface area contributed by atoms with Gasteiger partial charge in [0.1, 0.15) is 6.26 Å². The lowest BCUT2D eigenvalue weighted by Crippen LogP contribution is -2.41. The van der Waals surface area contributed by atoms with Gasteiger partial charge in [0.2, 0.25) is 0 Å². The molecule has 0 aliphatic rings. The molecule has 0 bridgehead atoms. The van der Waals surface area contributed by atoms with Gasteiger partial charge < -0.3 is 13.6 Å². The zero-order valence-electron chi connectivity index (χ0n) is 7.03. The Kier molecular flexibility index (Phi) is 2.69. The Morgan fingerprint density at radius 3 is 2.38 bits per heavy atom. The summed E-state index contributed by atoms with van der Waals surface area (Å²) in [6.45, 7) is 5.25. The van der Waals surface area contributed by atoms with E-state index in [9.17, 15) is 9.59 Å². The van der Waals surface area contributed by atoms with Crippen LogP contribution in [-0.2, 0) is 4.74 Å². The smallest absolute Gasteiger partial charge is 0.356 e. The van der Waals surface area contributed by atoms with Gasteiger partial charge in [-0.25, -0.2) is 9.59 Å². The predicted molar refractivity (Wildman–Crippen MR) is 44.4 cm³/mol. The molecule has 0 saturated carbocycles. The van der Waals surface area contributed by atoms with Gasteiger partial charge in [-0.1, -0.05) is 0 Å². The molecule has 0 radical (unpaired) electrons. The van der Waals surface area contributed by atoms with Crippen molar-refractivity contribution < 1.29 is 13.6 Å². The lowest BCUT2D eigenvalue weighted by atomic mass is 10.5. The summed E-state index contributed by atoms with van der Waals surface area (Å²) in [5.41, 5.74) is -1.94. The molecule has 0 atom stereocenters. The first-order valence-corrected chi connectivity index (χ1v) is 3.60. The fourth-order valence-corrected chi connectivity index (χ4v) is 0.684. The quantitative estimate of drug-likeness (QED) is 0.576. The van der Waals surface area contributed by atoms with Gasteiger partial charge in [-0.05, 0) is 13.5 Å². The van der Waals surface area contributed by atoms with Gasteiger partial charge in [0.25, 0.3) is 5.61 Å². The van der Waals surface area contributed by atoms with Crippen molar-refractivity contribution in [3.05, 3.63) is 31.7 Å². The molecule has 13 heavy (non-hydrogen) atoms. The van der Waals surface area contributed by atoms with Gasteiger partial charge in [-0.2, -0.15) is 0 Å². The van der Waals surface area contributed by atoms with E-state index in [2.05, 4.69) is 15.4 Å². The van der Waals surface area contributed by atoms with E-state index in [1.54, 1.807) is 6.92 Å². The molecule has 1 aromatic rings. The van der Waals surface area contributed by atoms with Crippen LogP contribution >= 0.6 is 0 Å². The van der Waals surface area contributed by atoms with Crippen LogP contribution in [0.25, 0.3) is 12.8 Å². The molecule has 0 spiro atoms. The summed E-state index contributed by atoms with van der Waals surface area (Å²) in [5.74, 6) is 0. The van der Waals surface area contributed by atoms with E-state index in [0.29, 0.717) is 6.61 Å². The van der Waals surface area contributed by atoms with Crippen molar-refractivity contribution in [1.82, 2.24) is 0 Å². The summed E-state index contributed by atoms with van der Waals surface area (Å²) in [4.78, 5) is 22.0. The average molecular weight is 184 g/mol. The van der Waals surface area contributed by atoms with Crippen LogP contribution in [0.15, 0.2) is 18.4 Å². The standard InChI is InChI=1S/C8H8O5/c1-3-11-4-6-7(9)12-5(2)13-8(6)10/h4H,2-3H2,1H3. The second-order valence-electron chi connectivity index (χ2n) is 2.14. The summed E-state index contributed by atoms with van der Waals surface area (Å²) in [6, 6.07) is 0. The molecule has 1 aromatic heterocycles. The number of rotatable bonds is 2. The van der Waals surface area contributed by atoms with E-state index in [0.717, 1.165) is 6.26 Å². The molecule has 5 nitrogen and oxygen atoms in total. The highest BCUT2D eigenvalue weighted by atomic mass is 16.5. The Labute approximate surface area is 72.6 Å². The molecular weight excluding hydrogens is 176 g/mol. The molecule has 1 rings (SSSR count). The zero-order valence-corrected chi connectivity index (χ0v) is 7.03. The molecule has 0 saturated heterocycles. The van der Waals surface area contributed by atoms with E-state index >= 15 is 0 Å². The maximum Gasteiger partial charge on any atom is 0.356 e. The van der Waals surface area contributed by atoms with Gasteiger partial charge in [0.15, 0.2) is 5.22 Å². The van der Waals surface area contributed by atoms with Crippen molar-refractivity contribution in [2.75, 3.05) is 6.61 Å². The third-order valence-electron chi connectivity index (χ3n) is 1.22. The van der Waals surface area contributed by atoms with Crippen LogP contribution in [-0.4, -0.2) is 6.61 Å². The topological polar surface area (TPSA) is 69.7 Å². The van der Waals surface area contributed by atoms with Gasteiger partial charge in [-0.3, -0.25) is 0 Å². The number of hydrogen-bond donors (Lipinski definition) is 0. The van der Waals surface area contributed by atoms with E-state index in [-0.39, 0.29) is 10.8 Å². The molecule has 0 aliphatic heterocycles. The van der Waals surface area contributed by atoms with Gasteiger partial charge in [-0.15, -0.1) is 0 Å². The van der Waals surface area contributed by atoms with Gasteiger partial charge in [0, 0.05) is 0 Å². The first-order valence-electron chi connectivity index (χ1n) is 3.60. The lowest BCUT2D eigenvalue weighted by molar-refractivity contribution is 0.277. The Balaban J connectivity index is 3.47. The van der Waals surface area contributed by atoms with E-state index in [1.165, 1.54) is 0 Å². The van der Waals surface area contributed by atoms with Crippen molar-refractivity contribution in [2.24, 2.45) is 0 Å². The largest absolute Gasteiger partial charge is 0.500 e. The third kappa shape index (κ3) is 2.08. The number of ether oxygens (including phenoxy) is 1. The number of hydrogen-bond acceptors (Lipinski definition) is 5. The predicted octanol–water partition coefficient (Wildman–Crippen LogP) is -1.22. The monoisotopic (exact) mass is 184 g/mol. The molecular formula is C8H8O5. The van der Waals surface area contributed by atoms with Gasteiger partial charge >= 0.3 is 11.3 Å². The lowest BCUT2D eigenvalue weighted by Gasteiger charge is -1.89. The van der Waals surface area contributed by atoms with Crippen LogP contribution in [0.1, 0.15) is 6.92 Å². The van der Waals surface area contributed by atoms with E-state index in [4.69, 9.17) is 4.74 Å². The molecule has 0 fully saturated rings. The fourth-order valence-electron chi connectivity index (χ4n) is 0.684. The van der Waals surface area contributed by atoms with Crippen LogP contribution in [0.4, 0.5) is 0 Å². The van der Waals surface area contributed by atoms with Gasteiger partial charge in [0.05, 0.1) is 6.61 Å². The second kappa shape index (κ2) is 3.75. The SMILES string of the molecule is C=c1oc(=O)c(=COCC)c(=O)o1. The first kappa shape index (κ1) is 9.31. The molecule has 0 aromatic carbocycles. The molecule has 0 aliphatic carbocycles. The van der Waals surface area contributed by atoms with Crippen LogP contribution in [0.5, 0.6) is 0 Å². The average Bonchev–Trinajstić information content (AvgIpc) is 2.02.